The minimum absolute atomic E-state index is 0.0210. The van der Waals surface area contributed by atoms with E-state index in [1.165, 1.54) is 0 Å². The fraction of sp³-hybridized carbons (Fsp3) is 0.667. The summed E-state index contributed by atoms with van der Waals surface area (Å²) in [4.78, 5) is 14.6. The number of hydrogen-bond acceptors (Lipinski definition) is 2. The van der Waals surface area contributed by atoms with Crippen LogP contribution in [0.1, 0.15) is 38.9 Å². The first-order chi connectivity index (χ1) is 7.63. The van der Waals surface area contributed by atoms with E-state index >= 15 is 0 Å². The zero-order chi connectivity index (χ0) is 12.0. The lowest BCUT2D eigenvalue weighted by Gasteiger charge is -2.11. The highest BCUT2D eigenvalue weighted by Gasteiger charge is 2.16. The maximum absolute atomic E-state index is 11.6. The molecule has 1 aromatic heterocycles. The van der Waals surface area contributed by atoms with Crippen LogP contribution < -0.4 is 4.57 Å². The van der Waals surface area contributed by atoms with Gasteiger partial charge in [0.25, 0.3) is 5.82 Å². The Morgan fingerprint density at radius 1 is 1.62 bits per heavy atom. The third kappa shape index (κ3) is 4.04. The molecule has 1 heterocycles. The molecule has 0 aliphatic rings. The number of H-pyrrole nitrogens is 1. The number of hydrogen-bond donors (Lipinski definition) is 1. The monoisotopic (exact) mass is 225 g/mol. The average molecular weight is 225 g/mol. The molecule has 0 radical (unpaired) electrons. The van der Waals surface area contributed by atoms with Gasteiger partial charge in [0.1, 0.15) is 18.8 Å². The summed E-state index contributed by atoms with van der Waals surface area (Å²) in [5.41, 5.74) is 0. The Labute approximate surface area is 96.6 Å². The molecular formula is C12H21N2O2+. The van der Waals surface area contributed by atoms with Gasteiger partial charge >= 0.3 is 5.97 Å². The van der Waals surface area contributed by atoms with E-state index in [-0.39, 0.29) is 12.1 Å². The van der Waals surface area contributed by atoms with Gasteiger partial charge in [0.15, 0.2) is 0 Å². The van der Waals surface area contributed by atoms with Gasteiger partial charge < -0.3 is 4.74 Å². The van der Waals surface area contributed by atoms with E-state index in [1.54, 1.807) is 0 Å². The number of carbonyl (C=O) groups is 1. The van der Waals surface area contributed by atoms with Gasteiger partial charge in [-0.05, 0) is 13.3 Å². The van der Waals surface area contributed by atoms with E-state index in [9.17, 15) is 4.79 Å². The van der Waals surface area contributed by atoms with Crippen LogP contribution in [0.5, 0.6) is 0 Å². The molecule has 0 fully saturated rings. The van der Waals surface area contributed by atoms with Crippen LogP contribution in [0.2, 0.25) is 0 Å². The molecule has 90 valence electrons. The maximum Gasteiger partial charge on any atom is 0.318 e. The summed E-state index contributed by atoms with van der Waals surface area (Å²) < 4.78 is 7.20. The van der Waals surface area contributed by atoms with E-state index in [0.29, 0.717) is 6.42 Å². The number of aromatic amines is 1. The quantitative estimate of drug-likeness (QED) is 0.589. The smallest absolute Gasteiger partial charge is 0.318 e. The van der Waals surface area contributed by atoms with E-state index < -0.39 is 0 Å². The highest BCUT2D eigenvalue weighted by Crippen LogP contribution is 2.05. The summed E-state index contributed by atoms with van der Waals surface area (Å²) in [7, 11) is 1.90. The molecule has 1 rings (SSSR count). The van der Waals surface area contributed by atoms with Crippen LogP contribution in [0.3, 0.4) is 0 Å². The summed E-state index contributed by atoms with van der Waals surface area (Å²) >= 11 is 0. The van der Waals surface area contributed by atoms with Crippen molar-refractivity contribution in [3.63, 3.8) is 0 Å². The molecule has 0 saturated heterocycles. The fourth-order valence-corrected chi connectivity index (χ4v) is 1.57. The third-order valence-electron chi connectivity index (χ3n) is 2.58. The minimum Gasteiger partial charge on any atom is -0.462 e. The molecule has 1 atom stereocenters. The number of carbonyl (C=O) groups excluding carboxylic acids is 1. The molecule has 1 aromatic rings. The lowest BCUT2D eigenvalue weighted by atomic mass is 10.2. The van der Waals surface area contributed by atoms with E-state index in [4.69, 9.17) is 4.74 Å². The van der Waals surface area contributed by atoms with Crippen molar-refractivity contribution in [2.45, 2.75) is 45.6 Å². The van der Waals surface area contributed by atoms with Crippen molar-refractivity contribution in [3.05, 3.63) is 18.2 Å². The number of unbranched alkanes of at least 4 members (excludes halogenated alkanes) is 1. The van der Waals surface area contributed by atoms with Crippen LogP contribution in [0.15, 0.2) is 12.4 Å². The zero-order valence-electron chi connectivity index (χ0n) is 10.3. The van der Waals surface area contributed by atoms with Crippen molar-refractivity contribution in [2.24, 2.45) is 7.05 Å². The molecule has 4 nitrogen and oxygen atoms in total. The predicted octanol–water partition coefficient (Wildman–Crippen LogP) is 1.50. The Bertz CT molecular complexity index is 334. The summed E-state index contributed by atoms with van der Waals surface area (Å²) in [5, 5.41) is 0. The molecule has 0 bridgehead atoms. The fourth-order valence-electron chi connectivity index (χ4n) is 1.57. The molecule has 16 heavy (non-hydrogen) atoms. The first kappa shape index (κ1) is 12.7. The minimum atomic E-state index is -0.165. The Morgan fingerprint density at radius 3 is 2.94 bits per heavy atom. The second kappa shape index (κ2) is 6.30. The number of imidazole rings is 1. The molecule has 1 N–H and O–H groups in total. The van der Waals surface area contributed by atoms with Crippen molar-refractivity contribution < 1.29 is 14.1 Å². The number of ether oxygens (including phenoxy) is 1. The van der Waals surface area contributed by atoms with Crippen LogP contribution in [-0.2, 0) is 23.0 Å². The van der Waals surface area contributed by atoms with Crippen LogP contribution in [0.4, 0.5) is 0 Å². The topological polar surface area (TPSA) is 46.0 Å². The van der Waals surface area contributed by atoms with Crippen LogP contribution in [0.25, 0.3) is 0 Å². The molecule has 0 amide bonds. The van der Waals surface area contributed by atoms with Crippen molar-refractivity contribution >= 4 is 5.97 Å². The lowest BCUT2D eigenvalue weighted by Crippen LogP contribution is -2.32. The summed E-state index contributed by atoms with van der Waals surface area (Å²) in [6, 6.07) is 0. The zero-order valence-corrected chi connectivity index (χ0v) is 10.3. The predicted molar refractivity (Wildman–Crippen MR) is 60.8 cm³/mol. The van der Waals surface area contributed by atoms with Crippen molar-refractivity contribution in [1.29, 1.82) is 0 Å². The number of nitrogens with zero attached hydrogens (tertiary/aromatic N) is 1. The number of rotatable bonds is 6. The molecule has 0 saturated carbocycles. The molecule has 0 aliphatic heterocycles. The molecule has 4 heteroatoms. The molecule has 0 aromatic carbocycles. The second-order valence-corrected chi connectivity index (χ2v) is 4.14. The van der Waals surface area contributed by atoms with Crippen LogP contribution >= 0.6 is 0 Å². The van der Waals surface area contributed by atoms with E-state index in [0.717, 1.165) is 25.1 Å². The number of nitrogens with one attached hydrogen (secondary N) is 1. The van der Waals surface area contributed by atoms with E-state index in [1.807, 2.05) is 30.9 Å². The molecule has 0 spiro atoms. The van der Waals surface area contributed by atoms with Crippen molar-refractivity contribution in [3.8, 4) is 0 Å². The Balaban J connectivity index is 2.33. The first-order valence-corrected chi connectivity index (χ1v) is 5.84. The Morgan fingerprint density at radius 2 is 2.38 bits per heavy atom. The van der Waals surface area contributed by atoms with Gasteiger partial charge in [-0.2, -0.15) is 0 Å². The third-order valence-corrected chi connectivity index (χ3v) is 2.58. The summed E-state index contributed by atoms with van der Waals surface area (Å²) in [6.45, 7) is 4.08. The first-order valence-electron chi connectivity index (χ1n) is 5.84. The van der Waals surface area contributed by atoms with Gasteiger partial charge in [0.05, 0.1) is 13.2 Å². The summed E-state index contributed by atoms with van der Waals surface area (Å²) in [6.07, 6.45) is 7.19. The number of esters is 1. The number of aryl methyl sites for hydroxylation is 1. The molecular weight excluding hydrogens is 204 g/mol. The normalized spacial score (nSPS) is 12.4. The summed E-state index contributed by atoms with van der Waals surface area (Å²) in [5.74, 6) is 0.703. The maximum atomic E-state index is 11.6. The highest BCUT2D eigenvalue weighted by molar-refractivity contribution is 5.71. The Hall–Kier alpha value is -1.32. The highest BCUT2D eigenvalue weighted by atomic mass is 16.5. The van der Waals surface area contributed by atoms with Gasteiger partial charge in [0.2, 0.25) is 0 Å². The Kier molecular flexibility index (Phi) is 5.02. The lowest BCUT2D eigenvalue weighted by molar-refractivity contribution is -0.677. The van der Waals surface area contributed by atoms with Gasteiger partial charge in [-0.25, -0.2) is 9.55 Å². The van der Waals surface area contributed by atoms with Gasteiger partial charge in [0, 0.05) is 0 Å². The van der Waals surface area contributed by atoms with Crippen LogP contribution in [-0.4, -0.2) is 17.1 Å². The van der Waals surface area contributed by atoms with Gasteiger partial charge in [-0.3, -0.25) is 4.79 Å². The van der Waals surface area contributed by atoms with E-state index in [2.05, 4.69) is 11.9 Å². The van der Waals surface area contributed by atoms with Crippen molar-refractivity contribution in [1.82, 2.24) is 4.98 Å². The SMILES string of the molecule is CCCC[C@@H](C)OC(=O)Cc1[nH]cc[n+]1C. The second-order valence-electron chi connectivity index (χ2n) is 4.14. The van der Waals surface area contributed by atoms with Crippen LogP contribution in [0, 0.1) is 0 Å². The molecule has 0 unspecified atom stereocenters. The standard InChI is InChI=1S/C12H20N2O2/c1-4-5-6-10(2)16-12(15)9-11-13-7-8-14(11)3/h7-8,10H,4-6,9H2,1-3H3/p+1/t10-/m1/s1. The van der Waals surface area contributed by atoms with Gasteiger partial charge in [-0.1, -0.05) is 19.8 Å². The van der Waals surface area contributed by atoms with Gasteiger partial charge in [-0.15, -0.1) is 0 Å². The average Bonchev–Trinajstić information content (AvgIpc) is 2.61. The van der Waals surface area contributed by atoms with Crippen molar-refractivity contribution in [2.75, 3.05) is 0 Å². The number of aromatic nitrogens is 2. The molecule has 0 aliphatic carbocycles. The largest absolute Gasteiger partial charge is 0.462 e.